The lowest BCUT2D eigenvalue weighted by atomic mass is 10.4. The van der Waals surface area contributed by atoms with Crippen LogP contribution in [0.4, 0.5) is 0 Å². The first-order valence-electron chi connectivity index (χ1n) is 3.24. The molecule has 0 spiro atoms. The maximum absolute atomic E-state index is 11.1. The van der Waals surface area contributed by atoms with Crippen molar-refractivity contribution in [1.29, 1.82) is 0 Å². The van der Waals surface area contributed by atoms with E-state index in [9.17, 15) is 16.8 Å². The van der Waals surface area contributed by atoms with E-state index >= 15 is 0 Å². The topological polar surface area (TPSA) is 80.3 Å². The van der Waals surface area contributed by atoms with Crippen LogP contribution in [0.3, 0.4) is 0 Å². The van der Waals surface area contributed by atoms with Gasteiger partial charge in [0.2, 0.25) is 10.9 Å². The van der Waals surface area contributed by atoms with Gasteiger partial charge in [-0.15, -0.1) is 4.13 Å². The zero-order valence-electron chi connectivity index (χ0n) is 6.38. The van der Waals surface area contributed by atoms with Crippen molar-refractivity contribution in [2.45, 2.75) is 4.90 Å². The monoisotopic (exact) mass is 221 g/mol. The highest BCUT2D eigenvalue weighted by Gasteiger charge is 2.12. The van der Waals surface area contributed by atoms with Gasteiger partial charge in [-0.2, -0.15) is 0 Å². The fraction of sp³-hybridized carbons (Fsp3) is 0. The molecule has 0 aliphatic carbocycles. The minimum Gasteiger partial charge on any atom is -0.215 e. The summed E-state index contributed by atoms with van der Waals surface area (Å²) in [6.07, 6.45) is 0. The van der Waals surface area contributed by atoms with Gasteiger partial charge in [0, 0.05) is 0 Å². The van der Waals surface area contributed by atoms with Crippen LogP contribution < -0.4 is 4.13 Å². The summed E-state index contributed by atoms with van der Waals surface area (Å²) in [6.45, 7) is 0. The zero-order valence-corrected chi connectivity index (χ0v) is 8.09. The van der Waals surface area contributed by atoms with Crippen LogP contribution in [0.5, 0.6) is 0 Å². The van der Waals surface area contributed by atoms with Crippen molar-refractivity contribution in [3.05, 3.63) is 30.3 Å². The first-order chi connectivity index (χ1) is 6.02. The molecule has 72 valence electrons. The summed E-state index contributed by atoms with van der Waals surface area (Å²) in [5.41, 5.74) is 0. The number of rotatable bonds is 3. The normalized spacial score (nSPS) is 11.8. The molecule has 0 saturated heterocycles. The first-order valence-corrected chi connectivity index (χ1v) is 5.90. The molecule has 0 unspecified atom stereocenters. The van der Waals surface area contributed by atoms with Crippen LogP contribution in [0, 0.1) is 0 Å². The van der Waals surface area contributed by atoms with E-state index in [2.05, 4.69) is 0 Å². The molecule has 0 aliphatic heterocycles. The fourth-order valence-corrected chi connectivity index (χ4v) is 2.47. The Balaban J connectivity index is 3.09. The summed E-state index contributed by atoms with van der Waals surface area (Å²) in [5.74, 6) is 0. The van der Waals surface area contributed by atoms with Crippen LogP contribution in [-0.2, 0) is 20.9 Å². The molecule has 0 heterocycles. The molecule has 1 rings (SSSR count). The van der Waals surface area contributed by atoms with E-state index in [1.165, 1.54) is 28.4 Å². The van der Waals surface area contributed by atoms with Crippen LogP contribution in [0.15, 0.2) is 35.2 Å². The number of hydrogen-bond acceptors (Lipinski definition) is 4. The van der Waals surface area contributed by atoms with Crippen molar-refractivity contribution < 1.29 is 16.8 Å². The van der Waals surface area contributed by atoms with Crippen molar-refractivity contribution >= 4 is 20.9 Å². The molecule has 0 amide bonds. The smallest absolute Gasteiger partial charge is 0.215 e. The highest BCUT2D eigenvalue weighted by molar-refractivity contribution is 7.98. The third-order valence-electron chi connectivity index (χ3n) is 1.25. The second-order valence-corrected chi connectivity index (χ2v) is 4.89. The Labute approximate surface area is 77.5 Å². The predicted octanol–water partition coefficient (Wildman–Crippen LogP) is -0.509. The summed E-state index contributed by atoms with van der Waals surface area (Å²) in [4.78, 5) is -0.0748. The van der Waals surface area contributed by atoms with E-state index in [0.29, 0.717) is 0 Å². The highest BCUT2D eigenvalue weighted by Crippen LogP contribution is 2.06. The number of thiol groups is 1. The molecule has 0 radical (unpaired) electrons. The molecule has 7 heteroatoms. The summed E-state index contributed by atoms with van der Waals surface area (Å²) in [5, 5.41) is 0. The van der Waals surface area contributed by atoms with Crippen molar-refractivity contribution in [2.24, 2.45) is 0 Å². The number of sulfonamides is 1. The predicted molar refractivity (Wildman–Crippen MR) is 47.1 cm³/mol. The maximum Gasteiger partial charge on any atom is 0.253 e. The zero-order chi connectivity index (χ0) is 9.90. The van der Waals surface area contributed by atoms with Crippen LogP contribution in [-0.4, -0.2) is 16.8 Å². The van der Waals surface area contributed by atoms with E-state index in [4.69, 9.17) is 0 Å². The number of hydrogen-bond donors (Lipinski definition) is 2. The van der Waals surface area contributed by atoms with Crippen LogP contribution >= 0.6 is 0 Å². The highest BCUT2D eigenvalue weighted by atomic mass is 32.3. The van der Waals surface area contributed by atoms with Gasteiger partial charge >= 0.3 is 0 Å². The Bertz CT molecular complexity index is 441. The average molecular weight is 221 g/mol. The summed E-state index contributed by atoms with van der Waals surface area (Å²) < 4.78 is 44.0. The molecular weight excluding hydrogens is 214 g/mol. The van der Waals surface area contributed by atoms with Crippen molar-refractivity contribution in [1.82, 2.24) is 4.13 Å². The van der Waals surface area contributed by atoms with Crippen LogP contribution in [0.2, 0.25) is 0 Å². The second-order valence-electron chi connectivity index (χ2n) is 2.16. The molecule has 0 aliphatic rings. The molecule has 0 atom stereocenters. The maximum atomic E-state index is 11.1. The standard InChI is InChI=1S/C6H7NO4S2/c8-12(9)7-13(10,11)6-4-2-1-3-5-6/h1-5,12H,(H,7,8,9). The Morgan fingerprint density at radius 2 is 1.62 bits per heavy atom. The first kappa shape index (κ1) is 10.2. The van der Waals surface area contributed by atoms with Gasteiger partial charge in [-0.05, 0) is 12.1 Å². The summed E-state index contributed by atoms with van der Waals surface area (Å²) in [6, 6.07) is 7.26. The number of nitrogens with one attached hydrogen (secondary N) is 1. The molecule has 1 N–H and O–H groups in total. The molecule has 0 aromatic heterocycles. The van der Waals surface area contributed by atoms with Gasteiger partial charge in [-0.1, -0.05) is 18.2 Å². The lowest BCUT2D eigenvalue weighted by Crippen LogP contribution is -2.21. The molecule has 1 aromatic carbocycles. The third-order valence-corrected chi connectivity index (χ3v) is 3.70. The van der Waals surface area contributed by atoms with Crippen LogP contribution in [0.1, 0.15) is 0 Å². The van der Waals surface area contributed by atoms with Gasteiger partial charge in [0.1, 0.15) is 0 Å². The van der Waals surface area contributed by atoms with Gasteiger partial charge in [-0.25, -0.2) is 16.8 Å². The largest absolute Gasteiger partial charge is 0.253 e. The summed E-state index contributed by atoms with van der Waals surface area (Å²) >= 11 is 0. The van der Waals surface area contributed by atoms with Gasteiger partial charge in [0.25, 0.3) is 10.0 Å². The Morgan fingerprint density at radius 3 is 2.08 bits per heavy atom. The Hall–Kier alpha value is -0.920. The van der Waals surface area contributed by atoms with E-state index in [0.717, 1.165) is 0 Å². The van der Waals surface area contributed by atoms with E-state index in [1.807, 2.05) is 0 Å². The SMILES string of the molecule is O=[SH](=O)NS(=O)(=O)c1ccccc1. The lowest BCUT2D eigenvalue weighted by Gasteiger charge is -1.99. The average Bonchev–Trinajstić information content (AvgIpc) is 2.04. The fourth-order valence-electron chi connectivity index (χ4n) is 0.750. The molecule has 0 saturated carbocycles. The van der Waals surface area contributed by atoms with E-state index in [-0.39, 0.29) is 4.90 Å². The molecule has 0 bridgehead atoms. The summed E-state index contributed by atoms with van der Waals surface area (Å²) in [7, 11) is -7.06. The van der Waals surface area contributed by atoms with Crippen molar-refractivity contribution in [2.75, 3.05) is 0 Å². The van der Waals surface area contributed by atoms with Crippen molar-refractivity contribution in [3.8, 4) is 0 Å². The third kappa shape index (κ3) is 2.79. The van der Waals surface area contributed by atoms with E-state index < -0.39 is 20.9 Å². The molecule has 1 aromatic rings. The van der Waals surface area contributed by atoms with Gasteiger partial charge < -0.3 is 0 Å². The van der Waals surface area contributed by atoms with Gasteiger partial charge in [-0.3, -0.25) is 0 Å². The second kappa shape index (κ2) is 3.86. The van der Waals surface area contributed by atoms with Crippen LogP contribution in [0.25, 0.3) is 0 Å². The van der Waals surface area contributed by atoms with Gasteiger partial charge in [0.15, 0.2) is 0 Å². The molecular formula is C6H7NO4S2. The quantitative estimate of drug-likeness (QED) is 0.674. The lowest BCUT2D eigenvalue weighted by molar-refractivity contribution is 0.585. The molecule has 5 nitrogen and oxygen atoms in total. The van der Waals surface area contributed by atoms with E-state index in [1.54, 1.807) is 6.07 Å². The minimum atomic E-state index is -3.91. The molecule has 13 heavy (non-hydrogen) atoms. The molecule has 0 fully saturated rings. The number of benzene rings is 1. The van der Waals surface area contributed by atoms with Crippen molar-refractivity contribution in [3.63, 3.8) is 0 Å². The minimum absolute atomic E-state index is 0.0748. The van der Waals surface area contributed by atoms with Gasteiger partial charge in [0.05, 0.1) is 4.90 Å². The Morgan fingerprint density at radius 1 is 1.08 bits per heavy atom. The Kier molecular flexibility index (Phi) is 3.02.